The second kappa shape index (κ2) is 7.00. The summed E-state index contributed by atoms with van der Waals surface area (Å²) in [4.78, 5) is 25.4. The van der Waals surface area contributed by atoms with E-state index in [1.165, 1.54) is 5.56 Å². The number of piperidine rings is 1. The molecular weight excluding hydrogens is 296 g/mol. The summed E-state index contributed by atoms with van der Waals surface area (Å²) in [6.07, 6.45) is 0.728. The number of carbonyl (C=O) groups is 2. The van der Waals surface area contributed by atoms with Crippen molar-refractivity contribution in [3.05, 3.63) is 35.9 Å². The Bertz CT molecular complexity index is 555. The van der Waals surface area contributed by atoms with Gasteiger partial charge in [0, 0.05) is 19.6 Å². The monoisotopic (exact) mass is 318 g/mol. The summed E-state index contributed by atoms with van der Waals surface area (Å²) in [5.74, 6) is -0.396. The van der Waals surface area contributed by atoms with Crippen molar-refractivity contribution in [1.29, 1.82) is 0 Å². The van der Waals surface area contributed by atoms with Crippen LogP contribution in [0.4, 0.5) is 4.79 Å². The van der Waals surface area contributed by atoms with E-state index < -0.39 is 18.1 Å². The van der Waals surface area contributed by atoms with Gasteiger partial charge in [0.2, 0.25) is 0 Å². The number of cyclic esters (lactones) is 1. The third-order valence-corrected chi connectivity index (χ3v) is 4.36. The molecule has 2 saturated heterocycles. The Morgan fingerprint density at radius 3 is 2.61 bits per heavy atom. The Kier molecular flexibility index (Phi) is 4.81. The molecule has 2 unspecified atom stereocenters. The lowest BCUT2D eigenvalue weighted by Crippen LogP contribution is -2.59. The molecule has 2 fully saturated rings. The van der Waals surface area contributed by atoms with Crippen LogP contribution in [0.1, 0.15) is 25.3 Å². The topological polar surface area (TPSA) is 67.9 Å². The number of nitrogens with one attached hydrogen (secondary N) is 1. The second-order valence-electron chi connectivity index (χ2n) is 6.13. The highest BCUT2D eigenvalue weighted by atomic mass is 16.6. The molecule has 2 aliphatic rings. The number of benzene rings is 1. The number of alkyl carbamates (subject to hydrolysis) is 1. The Balaban J connectivity index is 1.39. The van der Waals surface area contributed by atoms with Crippen LogP contribution in [0.5, 0.6) is 0 Å². The third-order valence-electron chi connectivity index (χ3n) is 4.36. The lowest BCUT2D eigenvalue weighted by Gasteiger charge is -2.34. The van der Waals surface area contributed by atoms with Crippen molar-refractivity contribution >= 4 is 12.1 Å². The molecule has 124 valence electrons. The van der Waals surface area contributed by atoms with Crippen LogP contribution in [0.3, 0.4) is 0 Å². The highest BCUT2D eigenvalue weighted by molar-refractivity contribution is 5.86. The van der Waals surface area contributed by atoms with Crippen molar-refractivity contribution in [3.8, 4) is 0 Å². The highest BCUT2D eigenvalue weighted by Crippen LogP contribution is 2.18. The average molecular weight is 318 g/mol. The molecule has 0 aromatic heterocycles. The van der Waals surface area contributed by atoms with Crippen LogP contribution in [-0.4, -0.2) is 48.3 Å². The van der Waals surface area contributed by atoms with Gasteiger partial charge in [-0.25, -0.2) is 9.59 Å². The maximum atomic E-state index is 11.8. The predicted molar refractivity (Wildman–Crippen MR) is 83.7 cm³/mol. The first-order valence-corrected chi connectivity index (χ1v) is 8.06. The molecule has 0 radical (unpaired) electrons. The molecule has 1 aromatic carbocycles. The Morgan fingerprint density at radius 2 is 2.00 bits per heavy atom. The summed E-state index contributed by atoms with van der Waals surface area (Å²) >= 11 is 0. The number of carbonyl (C=O) groups excluding carboxylic acids is 2. The summed E-state index contributed by atoms with van der Waals surface area (Å²) < 4.78 is 10.2. The van der Waals surface area contributed by atoms with Crippen molar-refractivity contribution in [3.63, 3.8) is 0 Å². The van der Waals surface area contributed by atoms with Crippen molar-refractivity contribution < 1.29 is 19.1 Å². The molecule has 23 heavy (non-hydrogen) atoms. The van der Waals surface area contributed by atoms with Crippen LogP contribution in [0, 0.1) is 0 Å². The number of hydrogen-bond donors (Lipinski definition) is 1. The fourth-order valence-corrected chi connectivity index (χ4v) is 2.96. The maximum absolute atomic E-state index is 11.8. The summed E-state index contributed by atoms with van der Waals surface area (Å²) in [5, 5.41) is 2.56. The van der Waals surface area contributed by atoms with E-state index in [2.05, 4.69) is 22.3 Å². The molecule has 0 saturated carbocycles. The van der Waals surface area contributed by atoms with Gasteiger partial charge in [-0.15, -0.1) is 0 Å². The van der Waals surface area contributed by atoms with E-state index in [4.69, 9.17) is 9.47 Å². The molecule has 3 rings (SSSR count). The minimum Gasteiger partial charge on any atom is -0.458 e. The molecule has 0 aliphatic carbocycles. The van der Waals surface area contributed by atoms with Gasteiger partial charge in [-0.2, -0.15) is 0 Å². The van der Waals surface area contributed by atoms with Gasteiger partial charge in [0.1, 0.15) is 12.2 Å². The van der Waals surface area contributed by atoms with Crippen molar-refractivity contribution in [1.82, 2.24) is 10.2 Å². The molecule has 0 bridgehead atoms. The molecule has 2 aliphatic heterocycles. The van der Waals surface area contributed by atoms with Crippen LogP contribution in [0.25, 0.3) is 0 Å². The first-order valence-electron chi connectivity index (χ1n) is 8.06. The van der Waals surface area contributed by atoms with Gasteiger partial charge in [-0.05, 0) is 25.3 Å². The van der Waals surface area contributed by atoms with Gasteiger partial charge in [0.15, 0.2) is 6.04 Å². The van der Waals surface area contributed by atoms with E-state index >= 15 is 0 Å². The fourth-order valence-electron chi connectivity index (χ4n) is 2.96. The number of hydrogen-bond acceptors (Lipinski definition) is 5. The SMILES string of the molecule is CC1OC(=O)C1NC(=O)OC1CCN(Cc2ccccc2)CC1. The van der Waals surface area contributed by atoms with Crippen LogP contribution in [0.15, 0.2) is 30.3 Å². The molecular formula is C17H22N2O4. The quantitative estimate of drug-likeness (QED) is 0.856. The zero-order valence-corrected chi connectivity index (χ0v) is 13.2. The second-order valence-corrected chi connectivity index (χ2v) is 6.13. The summed E-state index contributed by atoms with van der Waals surface area (Å²) in [6.45, 7) is 4.46. The molecule has 1 N–H and O–H groups in total. The Hall–Kier alpha value is -2.08. The molecule has 2 atom stereocenters. The van der Waals surface area contributed by atoms with Crippen molar-refractivity contribution in [2.45, 2.75) is 44.6 Å². The first kappa shape index (κ1) is 15.8. The van der Waals surface area contributed by atoms with Gasteiger partial charge in [-0.1, -0.05) is 30.3 Å². The number of likely N-dealkylation sites (tertiary alicyclic amines) is 1. The van der Waals surface area contributed by atoms with Crippen LogP contribution < -0.4 is 5.32 Å². The molecule has 1 aromatic rings. The minimum absolute atomic E-state index is 0.0894. The average Bonchev–Trinajstić information content (AvgIpc) is 2.56. The summed E-state index contributed by atoms with van der Waals surface area (Å²) in [6, 6.07) is 9.77. The molecule has 1 amide bonds. The number of ether oxygens (including phenoxy) is 2. The van der Waals surface area contributed by atoms with Gasteiger partial charge < -0.3 is 14.8 Å². The van der Waals surface area contributed by atoms with Gasteiger partial charge >= 0.3 is 12.1 Å². The number of rotatable bonds is 4. The van der Waals surface area contributed by atoms with Crippen molar-refractivity contribution in [2.75, 3.05) is 13.1 Å². The smallest absolute Gasteiger partial charge is 0.408 e. The standard InChI is InChI=1S/C17H22N2O4/c1-12-15(16(20)22-12)18-17(21)23-14-7-9-19(10-8-14)11-13-5-3-2-4-6-13/h2-6,12,14-15H,7-11H2,1H3,(H,18,21). The normalized spacial score (nSPS) is 25.3. The minimum atomic E-state index is -0.569. The largest absolute Gasteiger partial charge is 0.458 e. The summed E-state index contributed by atoms with van der Waals surface area (Å²) in [7, 11) is 0. The van der Waals surface area contributed by atoms with E-state index in [0.29, 0.717) is 0 Å². The van der Waals surface area contributed by atoms with Crippen LogP contribution in [0.2, 0.25) is 0 Å². The molecule has 6 heteroatoms. The van der Waals surface area contributed by atoms with E-state index in [0.717, 1.165) is 32.5 Å². The number of nitrogens with zero attached hydrogens (tertiary/aromatic N) is 1. The van der Waals surface area contributed by atoms with E-state index in [9.17, 15) is 9.59 Å². The van der Waals surface area contributed by atoms with Gasteiger partial charge in [-0.3, -0.25) is 4.90 Å². The van der Waals surface area contributed by atoms with Gasteiger partial charge in [0.05, 0.1) is 0 Å². The number of amides is 1. The van der Waals surface area contributed by atoms with E-state index in [1.807, 2.05) is 18.2 Å². The predicted octanol–water partition coefficient (Wildman–Crippen LogP) is 1.69. The van der Waals surface area contributed by atoms with Crippen molar-refractivity contribution in [2.24, 2.45) is 0 Å². The van der Waals surface area contributed by atoms with Gasteiger partial charge in [0.25, 0.3) is 0 Å². The Morgan fingerprint density at radius 1 is 1.30 bits per heavy atom. The molecule has 2 heterocycles. The highest BCUT2D eigenvalue weighted by Gasteiger charge is 2.41. The van der Waals surface area contributed by atoms with E-state index in [-0.39, 0.29) is 12.2 Å². The fraction of sp³-hybridized carbons (Fsp3) is 0.529. The zero-order chi connectivity index (χ0) is 16.2. The molecule has 6 nitrogen and oxygen atoms in total. The summed E-state index contributed by atoms with van der Waals surface area (Å²) in [5.41, 5.74) is 1.29. The van der Waals surface area contributed by atoms with Crippen LogP contribution >= 0.6 is 0 Å². The third kappa shape index (κ3) is 4.01. The number of esters is 1. The zero-order valence-electron chi connectivity index (χ0n) is 13.2. The molecule has 0 spiro atoms. The Labute approximate surface area is 135 Å². The first-order chi connectivity index (χ1) is 11.1. The van der Waals surface area contributed by atoms with Crippen LogP contribution in [-0.2, 0) is 20.8 Å². The lowest BCUT2D eigenvalue weighted by molar-refractivity contribution is -0.174. The van der Waals surface area contributed by atoms with E-state index in [1.54, 1.807) is 6.92 Å². The maximum Gasteiger partial charge on any atom is 0.408 e. The lowest BCUT2D eigenvalue weighted by atomic mass is 10.1.